The zero-order valence-corrected chi connectivity index (χ0v) is 15.5. The van der Waals surface area contributed by atoms with Gasteiger partial charge in [0.15, 0.2) is 5.78 Å². The molecule has 0 unspecified atom stereocenters. The normalized spacial score (nSPS) is 10.7. The molecule has 0 aromatic carbocycles. The molecule has 0 atom stereocenters. The number of methoxy groups -OCH3 is 1. The number of rotatable bonds is 6. The number of ether oxygens (including phenoxy) is 1. The Bertz CT molecular complexity index is 1190. The Balaban J connectivity index is 1.63. The lowest BCUT2D eigenvalue weighted by Crippen LogP contribution is -2.08. The number of ketones is 1. The summed E-state index contributed by atoms with van der Waals surface area (Å²) in [4.78, 5) is 31.9. The van der Waals surface area contributed by atoms with Crippen molar-refractivity contribution in [2.45, 2.75) is 0 Å². The minimum atomic E-state index is -0.890. The van der Waals surface area contributed by atoms with Gasteiger partial charge in [0, 0.05) is 19.3 Å². The fourth-order valence-electron chi connectivity index (χ4n) is 2.87. The third-order valence-electron chi connectivity index (χ3n) is 4.26. The Labute approximate surface area is 164 Å². The molecule has 0 aliphatic rings. The summed E-state index contributed by atoms with van der Waals surface area (Å²) in [5, 5.41) is 6.32. The standard InChI is InChI=1S/C19H16FN7O2/c1-21-18-15-12(8-23-19(15)25-9-24-18)16(28)11-4-5-13(27-17(11)20)26-10-3-6-14(29-2)22-7-10/h3-9H,1-2H3,(H,26,27)(H2,21,23,24,25). The van der Waals surface area contributed by atoms with Crippen LogP contribution in [0.15, 0.2) is 43.0 Å². The van der Waals surface area contributed by atoms with E-state index in [1.54, 1.807) is 19.2 Å². The number of fused-ring (bicyclic) bond motifs is 1. The molecule has 0 bridgehead atoms. The van der Waals surface area contributed by atoms with Crippen LogP contribution >= 0.6 is 0 Å². The van der Waals surface area contributed by atoms with Crippen molar-refractivity contribution in [1.82, 2.24) is 24.9 Å². The van der Waals surface area contributed by atoms with Gasteiger partial charge in [-0.1, -0.05) is 0 Å². The van der Waals surface area contributed by atoms with E-state index in [-0.39, 0.29) is 16.9 Å². The molecule has 3 N–H and O–H groups in total. The zero-order valence-electron chi connectivity index (χ0n) is 15.5. The van der Waals surface area contributed by atoms with E-state index >= 15 is 0 Å². The van der Waals surface area contributed by atoms with Crippen LogP contribution in [0.5, 0.6) is 5.88 Å². The molecule has 146 valence electrons. The van der Waals surface area contributed by atoms with Crippen LogP contribution in [0.2, 0.25) is 0 Å². The van der Waals surface area contributed by atoms with Crippen molar-refractivity contribution in [3.05, 3.63) is 60.1 Å². The SMILES string of the molecule is CNc1ncnc2[nH]cc(C(=O)c3ccc(Nc4ccc(OC)nc4)nc3F)c12. The third-order valence-corrected chi connectivity index (χ3v) is 4.26. The molecule has 0 aliphatic carbocycles. The lowest BCUT2D eigenvalue weighted by molar-refractivity contribution is 0.103. The third kappa shape index (κ3) is 3.43. The van der Waals surface area contributed by atoms with E-state index in [2.05, 4.69) is 35.6 Å². The monoisotopic (exact) mass is 393 g/mol. The number of hydrogen-bond acceptors (Lipinski definition) is 8. The summed E-state index contributed by atoms with van der Waals surface area (Å²) in [5.41, 5.74) is 1.18. The molecular formula is C19H16FN7O2. The molecule has 10 heteroatoms. The van der Waals surface area contributed by atoms with Gasteiger partial charge in [-0.3, -0.25) is 4.79 Å². The van der Waals surface area contributed by atoms with Crippen molar-refractivity contribution in [3.8, 4) is 5.88 Å². The molecule has 0 spiro atoms. The first kappa shape index (κ1) is 18.3. The highest BCUT2D eigenvalue weighted by atomic mass is 19.1. The molecule has 4 rings (SSSR count). The van der Waals surface area contributed by atoms with E-state index in [4.69, 9.17) is 4.74 Å². The minimum absolute atomic E-state index is 0.157. The topological polar surface area (TPSA) is 118 Å². The van der Waals surface area contributed by atoms with Gasteiger partial charge in [-0.05, 0) is 18.2 Å². The van der Waals surface area contributed by atoms with Gasteiger partial charge in [-0.25, -0.2) is 19.9 Å². The maximum Gasteiger partial charge on any atom is 0.226 e. The van der Waals surface area contributed by atoms with Crippen LogP contribution in [0.1, 0.15) is 15.9 Å². The van der Waals surface area contributed by atoms with E-state index in [1.165, 1.54) is 38.0 Å². The number of anilines is 3. The second kappa shape index (κ2) is 7.50. The van der Waals surface area contributed by atoms with Gasteiger partial charge in [0.1, 0.15) is 23.6 Å². The van der Waals surface area contributed by atoms with Crippen molar-refractivity contribution >= 4 is 34.1 Å². The van der Waals surface area contributed by atoms with Crippen molar-refractivity contribution in [1.29, 1.82) is 0 Å². The molecule has 0 saturated carbocycles. The summed E-state index contributed by atoms with van der Waals surface area (Å²) in [7, 11) is 3.20. The summed E-state index contributed by atoms with van der Waals surface area (Å²) in [6.07, 6.45) is 4.38. The Morgan fingerprint density at radius 2 is 2.00 bits per heavy atom. The highest BCUT2D eigenvalue weighted by molar-refractivity contribution is 6.18. The van der Waals surface area contributed by atoms with Crippen LogP contribution < -0.4 is 15.4 Å². The van der Waals surface area contributed by atoms with Crippen LogP contribution in [0.3, 0.4) is 0 Å². The van der Waals surface area contributed by atoms with E-state index in [0.29, 0.717) is 28.4 Å². The first-order chi connectivity index (χ1) is 14.1. The van der Waals surface area contributed by atoms with Gasteiger partial charge in [-0.15, -0.1) is 0 Å². The van der Waals surface area contributed by atoms with Crippen LogP contribution in [0.25, 0.3) is 11.0 Å². The second-order valence-electron chi connectivity index (χ2n) is 5.98. The summed E-state index contributed by atoms with van der Waals surface area (Å²) >= 11 is 0. The lowest BCUT2D eigenvalue weighted by atomic mass is 10.0. The average molecular weight is 393 g/mol. The first-order valence-electron chi connectivity index (χ1n) is 8.59. The largest absolute Gasteiger partial charge is 0.481 e. The van der Waals surface area contributed by atoms with Gasteiger partial charge < -0.3 is 20.4 Å². The number of nitrogens with one attached hydrogen (secondary N) is 3. The van der Waals surface area contributed by atoms with Crippen molar-refractivity contribution in [3.63, 3.8) is 0 Å². The van der Waals surface area contributed by atoms with Crippen molar-refractivity contribution in [2.24, 2.45) is 0 Å². The molecule has 4 aromatic heterocycles. The maximum atomic E-state index is 14.6. The molecule has 0 radical (unpaired) electrons. The average Bonchev–Trinajstić information content (AvgIpc) is 3.18. The minimum Gasteiger partial charge on any atom is -0.481 e. The predicted octanol–water partition coefficient (Wildman–Crippen LogP) is 2.91. The van der Waals surface area contributed by atoms with Gasteiger partial charge in [-0.2, -0.15) is 4.39 Å². The van der Waals surface area contributed by atoms with Gasteiger partial charge >= 0.3 is 0 Å². The molecule has 4 heterocycles. The number of carbonyl (C=O) groups excluding carboxylic acids is 1. The van der Waals surface area contributed by atoms with Crippen LogP contribution in [0, 0.1) is 5.95 Å². The van der Waals surface area contributed by atoms with E-state index < -0.39 is 11.7 Å². The van der Waals surface area contributed by atoms with Crippen molar-refractivity contribution < 1.29 is 13.9 Å². The quantitative estimate of drug-likeness (QED) is 0.338. The molecule has 29 heavy (non-hydrogen) atoms. The van der Waals surface area contributed by atoms with Crippen LogP contribution in [0.4, 0.5) is 21.7 Å². The number of hydrogen-bond donors (Lipinski definition) is 3. The second-order valence-corrected chi connectivity index (χ2v) is 5.98. The Kier molecular flexibility index (Phi) is 4.73. The molecule has 0 aliphatic heterocycles. The maximum absolute atomic E-state index is 14.6. The predicted molar refractivity (Wildman–Crippen MR) is 105 cm³/mol. The Hall–Kier alpha value is -4.08. The molecule has 9 nitrogen and oxygen atoms in total. The fraction of sp³-hybridized carbons (Fsp3) is 0.105. The highest BCUT2D eigenvalue weighted by Gasteiger charge is 2.21. The number of aromatic amines is 1. The van der Waals surface area contributed by atoms with Crippen LogP contribution in [-0.4, -0.2) is 44.9 Å². The zero-order chi connectivity index (χ0) is 20.4. The number of pyridine rings is 2. The summed E-state index contributed by atoms with van der Waals surface area (Å²) in [6, 6.07) is 6.28. The Morgan fingerprint density at radius 3 is 2.69 bits per heavy atom. The van der Waals surface area contributed by atoms with Crippen molar-refractivity contribution in [2.75, 3.05) is 24.8 Å². The summed E-state index contributed by atoms with van der Waals surface area (Å²) in [5.74, 6) is -0.245. The molecular weight excluding hydrogens is 377 g/mol. The molecule has 4 aromatic rings. The van der Waals surface area contributed by atoms with Gasteiger partial charge in [0.05, 0.1) is 35.5 Å². The van der Waals surface area contributed by atoms with E-state index in [1.807, 2.05) is 0 Å². The number of nitrogens with zero attached hydrogens (tertiary/aromatic N) is 4. The number of aromatic nitrogens is 5. The highest BCUT2D eigenvalue weighted by Crippen LogP contribution is 2.26. The van der Waals surface area contributed by atoms with E-state index in [0.717, 1.165) is 0 Å². The lowest BCUT2D eigenvalue weighted by Gasteiger charge is -2.08. The molecule has 0 saturated heterocycles. The number of halogens is 1. The smallest absolute Gasteiger partial charge is 0.226 e. The first-order valence-corrected chi connectivity index (χ1v) is 8.59. The molecule has 0 fully saturated rings. The number of carbonyl (C=O) groups is 1. The summed E-state index contributed by atoms with van der Waals surface area (Å²) < 4.78 is 19.6. The molecule has 0 amide bonds. The van der Waals surface area contributed by atoms with Gasteiger partial charge in [0.2, 0.25) is 11.8 Å². The summed E-state index contributed by atoms with van der Waals surface area (Å²) in [6.45, 7) is 0. The van der Waals surface area contributed by atoms with E-state index in [9.17, 15) is 9.18 Å². The van der Waals surface area contributed by atoms with Crippen LogP contribution in [-0.2, 0) is 0 Å². The Morgan fingerprint density at radius 1 is 1.14 bits per heavy atom. The van der Waals surface area contributed by atoms with Gasteiger partial charge in [0.25, 0.3) is 0 Å². The fourth-order valence-corrected chi connectivity index (χ4v) is 2.87. The number of H-pyrrole nitrogens is 1.